The Bertz CT molecular complexity index is 477. The average molecular weight is 266 g/mol. The third kappa shape index (κ3) is 3.43. The minimum absolute atomic E-state index is 0.0534. The van der Waals surface area contributed by atoms with Gasteiger partial charge in [-0.25, -0.2) is 18.1 Å². The summed E-state index contributed by atoms with van der Waals surface area (Å²) in [6.07, 6.45) is 1.19. The minimum Gasteiger partial charge on any atom is -0.232 e. The highest BCUT2D eigenvalue weighted by Gasteiger charge is 2.17. The molecule has 0 aliphatic carbocycles. The number of thiazole rings is 1. The number of nitriles is 1. The number of halogens is 1. The number of sulfonamides is 1. The maximum atomic E-state index is 11.6. The molecule has 0 radical (unpaired) electrons. The molecule has 0 bridgehead atoms. The average Bonchev–Trinajstić information content (AvgIpc) is 2.62. The maximum absolute atomic E-state index is 11.6. The van der Waals surface area contributed by atoms with Crippen molar-refractivity contribution in [2.24, 2.45) is 5.92 Å². The molecule has 0 fully saturated rings. The minimum atomic E-state index is -3.57. The summed E-state index contributed by atoms with van der Waals surface area (Å²) in [4.78, 5) is 3.63. The molecule has 0 aliphatic heterocycles. The summed E-state index contributed by atoms with van der Waals surface area (Å²) < 4.78 is 25.6. The molecule has 0 spiro atoms. The van der Waals surface area contributed by atoms with E-state index in [1.807, 2.05) is 6.07 Å². The van der Waals surface area contributed by atoms with Gasteiger partial charge in [-0.1, -0.05) is 22.9 Å². The lowest BCUT2D eigenvalue weighted by Gasteiger charge is -2.04. The van der Waals surface area contributed by atoms with Crippen molar-refractivity contribution in [1.29, 1.82) is 5.26 Å². The fraction of sp³-hybridized carbons (Fsp3) is 0.429. The van der Waals surface area contributed by atoms with Crippen molar-refractivity contribution >= 4 is 33.0 Å². The Morgan fingerprint density at radius 3 is 2.93 bits per heavy atom. The molecule has 5 nitrogen and oxygen atoms in total. The van der Waals surface area contributed by atoms with E-state index in [4.69, 9.17) is 16.9 Å². The first-order valence-corrected chi connectivity index (χ1v) is 6.64. The predicted octanol–water partition coefficient (Wildman–Crippen LogP) is 1.23. The molecule has 0 saturated heterocycles. The normalized spacial score (nSPS) is 13.4. The van der Waals surface area contributed by atoms with E-state index in [2.05, 4.69) is 9.71 Å². The summed E-state index contributed by atoms with van der Waals surface area (Å²) in [6, 6.07) is 1.93. The molecule has 1 atom stereocenters. The van der Waals surface area contributed by atoms with Crippen LogP contribution in [-0.2, 0) is 10.0 Å². The summed E-state index contributed by atoms with van der Waals surface area (Å²) in [6.45, 7) is 1.70. The van der Waals surface area contributed by atoms with E-state index in [9.17, 15) is 8.42 Å². The van der Waals surface area contributed by atoms with Crippen molar-refractivity contribution in [2.75, 3.05) is 6.54 Å². The highest BCUT2D eigenvalue weighted by atomic mass is 35.5. The quantitative estimate of drug-likeness (QED) is 0.888. The van der Waals surface area contributed by atoms with Crippen LogP contribution in [-0.4, -0.2) is 19.9 Å². The second-order valence-electron chi connectivity index (χ2n) is 2.81. The third-order valence-electron chi connectivity index (χ3n) is 1.52. The summed E-state index contributed by atoms with van der Waals surface area (Å²) in [5.41, 5.74) is 0. The molecule has 8 heteroatoms. The maximum Gasteiger partial charge on any atom is 0.251 e. The van der Waals surface area contributed by atoms with Crippen LogP contribution in [0.25, 0.3) is 0 Å². The van der Waals surface area contributed by atoms with Gasteiger partial charge in [-0.05, 0) is 6.92 Å². The fourth-order valence-corrected chi connectivity index (χ4v) is 3.18. The Morgan fingerprint density at radius 1 is 1.80 bits per heavy atom. The van der Waals surface area contributed by atoms with Crippen LogP contribution >= 0.6 is 22.9 Å². The summed E-state index contributed by atoms with van der Waals surface area (Å²) >= 11 is 6.39. The van der Waals surface area contributed by atoms with Gasteiger partial charge in [0.2, 0.25) is 0 Å². The first kappa shape index (κ1) is 12.4. The van der Waals surface area contributed by atoms with Gasteiger partial charge < -0.3 is 0 Å². The Hall–Kier alpha value is -0.680. The van der Waals surface area contributed by atoms with Crippen molar-refractivity contribution in [3.63, 3.8) is 0 Å². The highest BCUT2D eigenvalue weighted by Crippen LogP contribution is 2.21. The topological polar surface area (TPSA) is 82.9 Å². The van der Waals surface area contributed by atoms with E-state index in [-0.39, 0.29) is 21.1 Å². The Kier molecular flexibility index (Phi) is 4.04. The second-order valence-corrected chi connectivity index (χ2v) is 6.42. The molecule has 1 rings (SSSR count). The van der Waals surface area contributed by atoms with Crippen LogP contribution in [0, 0.1) is 17.2 Å². The first-order valence-electron chi connectivity index (χ1n) is 3.96. The van der Waals surface area contributed by atoms with E-state index in [1.165, 1.54) is 6.20 Å². The predicted molar refractivity (Wildman–Crippen MR) is 57.1 cm³/mol. The molecule has 82 valence electrons. The van der Waals surface area contributed by atoms with Crippen LogP contribution in [0.1, 0.15) is 6.92 Å². The second kappa shape index (κ2) is 4.90. The summed E-state index contributed by atoms with van der Waals surface area (Å²) in [5.74, 6) is -0.372. The zero-order valence-electron chi connectivity index (χ0n) is 7.77. The molecule has 1 aromatic rings. The Balaban J connectivity index is 2.73. The van der Waals surface area contributed by atoms with Gasteiger partial charge in [-0.3, -0.25) is 0 Å². The van der Waals surface area contributed by atoms with E-state index < -0.39 is 10.0 Å². The van der Waals surface area contributed by atoms with Crippen LogP contribution < -0.4 is 4.72 Å². The molecule has 0 saturated carbocycles. The number of hydrogen-bond donors (Lipinski definition) is 1. The SMILES string of the molecule is CC(C#N)CNS(=O)(=O)c1cnc(Cl)s1. The van der Waals surface area contributed by atoms with Gasteiger partial charge in [0.05, 0.1) is 18.2 Å². The van der Waals surface area contributed by atoms with Gasteiger partial charge >= 0.3 is 0 Å². The lowest BCUT2D eigenvalue weighted by atomic mass is 10.2. The monoisotopic (exact) mass is 265 g/mol. The lowest BCUT2D eigenvalue weighted by molar-refractivity contribution is 0.574. The van der Waals surface area contributed by atoms with Gasteiger partial charge in [0.25, 0.3) is 10.0 Å². The van der Waals surface area contributed by atoms with Gasteiger partial charge in [-0.15, -0.1) is 0 Å². The van der Waals surface area contributed by atoms with Gasteiger partial charge in [-0.2, -0.15) is 5.26 Å². The number of rotatable bonds is 4. The molecular formula is C7H8ClN3O2S2. The number of nitrogens with one attached hydrogen (secondary N) is 1. The Morgan fingerprint density at radius 2 is 2.47 bits per heavy atom. The van der Waals surface area contributed by atoms with E-state index >= 15 is 0 Å². The van der Waals surface area contributed by atoms with E-state index in [0.29, 0.717) is 0 Å². The van der Waals surface area contributed by atoms with Crippen LogP contribution in [0.3, 0.4) is 0 Å². The summed E-state index contributed by atoms with van der Waals surface area (Å²) in [7, 11) is -3.57. The smallest absolute Gasteiger partial charge is 0.232 e. The molecule has 1 N–H and O–H groups in total. The van der Waals surface area contributed by atoms with Crippen LogP contribution in [0.4, 0.5) is 0 Å². The zero-order chi connectivity index (χ0) is 11.5. The molecule has 1 unspecified atom stereocenters. The zero-order valence-corrected chi connectivity index (χ0v) is 10.2. The van der Waals surface area contributed by atoms with E-state index in [1.54, 1.807) is 6.92 Å². The largest absolute Gasteiger partial charge is 0.251 e. The molecule has 1 aromatic heterocycles. The van der Waals surface area contributed by atoms with Gasteiger partial charge in [0.15, 0.2) is 8.68 Å². The molecule has 1 heterocycles. The molecule has 15 heavy (non-hydrogen) atoms. The standard InChI is InChI=1S/C7H8ClN3O2S2/c1-5(2-9)3-11-15(12,13)6-4-10-7(8)14-6/h4-5,11H,3H2,1H3. The van der Waals surface area contributed by atoms with Crippen molar-refractivity contribution in [3.8, 4) is 6.07 Å². The third-order valence-corrected chi connectivity index (χ3v) is 4.52. The van der Waals surface area contributed by atoms with Crippen molar-refractivity contribution in [2.45, 2.75) is 11.1 Å². The van der Waals surface area contributed by atoms with Crippen LogP contribution in [0.5, 0.6) is 0 Å². The molecular weight excluding hydrogens is 258 g/mol. The van der Waals surface area contributed by atoms with Gasteiger partial charge in [0, 0.05) is 6.54 Å². The number of nitrogens with zero attached hydrogens (tertiary/aromatic N) is 2. The van der Waals surface area contributed by atoms with Crippen molar-refractivity contribution < 1.29 is 8.42 Å². The number of aromatic nitrogens is 1. The van der Waals surface area contributed by atoms with Gasteiger partial charge in [0.1, 0.15) is 0 Å². The Labute approximate surface area is 96.8 Å². The van der Waals surface area contributed by atoms with Crippen LogP contribution in [0.2, 0.25) is 4.47 Å². The van der Waals surface area contributed by atoms with Crippen molar-refractivity contribution in [1.82, 2.24) is 9.71 Å². The molecule has 0 aromatic carbocycles. The lowest BCUT2D eigenvalue weighted by Crippen LogP contribution is -2.27. The highest BCUT2D eigenvalue weighted by molar-refractivity contribution is 7.91. The molecule has 0 aliphatic rings. The summed E-state index contributed by atoms with van der Waals surface area (Å²) in [5, 5.41) is 8.49. The fourth-order valence-electron chi connectivity index (χ4n) is 0.715. The van der Waals surface area contributed by atoms with Crippen molar-refractivity contribution in [3.05, 3.63) is 10.7 Å². The molecule has 0 amide bonds. The van der Waals surface area contributed by atoms with Crippen LogP contribution in [0.15, 0.2) is 10.4 Å². The van der Waals surface area contributed by atoms with E-state index in [0.717, 1.165) is 11.3 Å². The number of hydrogen-bond acceptors (Lipinski definition) is 5. The first-order chi connectivity index (χ1) is 6.95.